The minimum atomic E-state index is 0.0491. The fourth-order valence-electron chi connectivity index (χ4n) is 3.11. The van der Waals surface area contributed by atoms with Crippen LogP contribution in [0.4, 0.5) is 5.69 Å². The van der Waals surface area contributed by atoms with Crippen LogP contribution in [0.1, 0.15) is 32.3 Å². The third-order valence-electron chi connectivity index (χ3n) is 4.20. The third-order valence-corrected chi connectivity index (χ3v) is 4.20. The average Bonchev–Trinajstić information content (AvgIpc) is 2.52. The lowest BCUT2D eigenvalue weighted by molar-refractivity contribution is 0.491. The quantitative estimate of drug-likeness (QED) is 0.671. The predicted molar refractivity (Wildman–Crippen MR) is 95.1 cm³/mol. The number of hydrogen-bond acceptors (Lipinski definition) is 1. The Balaban J connectivity index is 2.72. The maximum Gasteiger partial charge on any atom is 0.0382 e. The Kier molecular flexibility index (Phi) is 4.85. The van der Waals surface area contributed by atoms with Crippen LogP contribution in [-0.4, -0.2) is 7.05 Å². The van der Waals surface area contributed by atoms with Gasteiger partial charge in [0.05, 0.1) is 0 Å². The monoisotopic (exact) mass is 279 g/mol. The van der Waals surface area contributed by atoms with Crippen LogP contribution in [0.5, 0.6) is 0 Å². The highest BCUT2D eigenvalue weighted by Gasteiger charge is 2.28. The van der Waals surface area contributed by atoms with Gasteiger partial charge in [-0.25, -0.2) is 0 Å². The van der Waals surface area contributed by atoms with Crippen LogP contribution in [0, 0.1) is 0 Å². The molecular weight excluding hydrogens is 254 g/mol. The largest absolute Gasteiger partial charge is 0.388 e. The third kappa shape index (κ3) is 3.02. The first kappa shape index (κ1) is 15.4. The van der Waals surface area contributed by atoms with Gasteiger partial charge >= 0.3 is 0 Å². The fourth-order valence-corrected chi connectivity index (χ4v) is 3.11. The van der Waals surface area contributed by atoms with Crippen molar-refractivity contribution < 1.29 is 0 Å². The lowest BCUT2D eigenvalue weighted by Gasteiger charge is -2.31. The minimum Gasteiger partial charge on any atom is -0.388 e. The van der Waals surface area contributed by atoms with Gasteiger partial charge in [-0.1, -0.05) is 55.5 Å². The molecule has 0 fully saturated rings. The Morgan fingerprint density at radius 3 is 2.57 bits per heavy atom. The van der Waals surface area contributed by atoms with Crippen LogP contribution in [0.15, 0.2) is 61.2 Å². The van der Waals surface area contributed by atoms with Gasteiger partial charge in [-0.2, -0.15) is 0 Å². The summed E-state index contributed by atoms with van der Waals surface area (Å²) in [6.45, 7) is 8.38. The molecular formula is C20H25N. The van der Waals surface area contributed by atoms with Crippen molar-refractivity contribution in [1.82, 2.24) is 0 Å². The first-order chi connectivity index (χ1) is 10.2. The van der Waals surface area contributed by atoms with Gasteiger partial charge in [-0.3, -0.25) is 0 Å². The summed E-state index contributed by atoms with van der Waals surface area (Å²) in [6, 6.07) is 13.0. The van der Waals surface area contributed by atoms with Gasteiger partial charge in [-0.05, 0) is 42.2 Å². The SMILES string of the molecule is C=CCC(C)(C/C=C/C)c1c(NC)ccc2ccccc12. The zero-order valence-corrected chi connectivity index (χ0v) is 13.3. The summed E-state index contributed by atoms with van der Waals surface area (Å²) in [4.78, 5) is 0. The Hall–Kier alpha value is -2.02. The highest BCUT2D eigenvalue weighted by Crippen LogP contribution is 2.41. The molecule has 0 saturated heterocycles. The Labute approximate surface area is 128 Å². The molecule has 0 aliphatic heterocycles. The van der Waals surface area contributed by atoms with Crippen molar-refractivity contribution in [3.8, 4) is 0 Å². The lowest BCUT2D eigenvalue weighted by Crippen LogP contribution is -2.22. The molecule has 0 bridgehead atoms. The molecule has 0 amide bonds. The predicted octanol–water partition coefficient (Wildman–Crippen LogP) is 5.68. The van der Waals surface area contributed by atoms with Crippen LogP contribution in [-0.2, 0) is 5.41 Å². The van der Waals surface area contributed by atoms with Crippen molar-refractivity contribution in [2.24, 2.45) is 0 Å². The summed E-state index contributed by atoms with van der Waals surface area (Å²) in [5, 5.41) is 6.00. The van der Waals surface area contributed by atoms with E-state index < -0.39 is 0 Å². The number of rotatable bonds is 6. The first-order valence-corrected chi connectivity index (χ1v) is 7.58. The van der Waals surface area contributed by atoms with E-state index in [1.165, 1.54) is 22.0 Å². The summed E-state index contributed by atoms with van der Waals surface area (Å²) in [6.07, 6.45) is 8.39. The van der Waals surface area contributed by atoms with E-state index >= 15 is 0 Å². The molecule has 1 atom stereocenters. The average molecular weight is 279 g/mol. The van der Waals surface area contributed by atoms with Gasteiger partial charge in [0.1, 0.15) is 0 Å². The molecule has 0 aromatic heterocycles. The van der Waals surface area contributed by atoms with Crippen molar-refractivity contribution in [3.63, 3.8) is 0 Å². The van der Waals surface area contributed by atoms with E-state index in [1.54, 1.807) is 0 Å². The van der Waals surface area contributed by atoms with Gasteiger partial charge in [0.25, 0.3) is 0 Å². The molecule has 21 heavy (non-hydrogen) atoms. The van der Waals surface area contributed by atoms with E-state index in [9.17, 15) is 0 Å². The molecule has 2 rings (SSSR count). The van der Waals surface area contributed by atoms with Crippen LogP contribution in [0.2, 0.25) is 0 Å². The first-order valence-electron chi connectivity index (χ1n) is 7.58. The molecule has 1 unspecified atom stereocenters. The number of nitrogens with one attached hydrogen (secondary N) is 1. The maximum absolute atomic E-state index is 3.97. The number of hydrogen-bond donors (Lipinski definition) is 1. The van der Waals surface area contributed by atoms with E-state index in [1.807, 2.05) is 13.1 Å². The van der Waals surface area contributed by atoms with Crippen molar-refractivity contribution in [2.45, 2.75) is 32.1 Å². The van der Waals surface area contributed by atoms with Crippen LogP contribution in [0.3, 0.4) is 0 Å². The van der Waals surface area contributed by atoms with Crippen molar-refractivity contribution in [1.29, 1.82) is 0 Å². The number of benzene rings is 2. The zero-order valence-electron chi connectivity index (χ0n) is 13.3. The summed E-state index contributed by atoms with van der Waals surface area (Å²) < 4.78 is 0. The molecule has 2 aromatic carbocycles. The highest BCUT2D eigenvalue weighted by atomic mass is 14.8. The number of allylic oxidation sites excluding steroid dienone is 3. The summed E-state index contributed by atoms with van der Waals surface area (Å²) in [5.74, 6) is 0. The summed E-state index contributed by atoms with van der Waals surface area (Å²) in [5.41, 5.74) is 2.65. The standard InChI is InChI=1S/C20H25N/c1-5-7-15-20(3,14-6-2)19-17-11-9-8-10-16(17)12-13-18(19)21-4/h5-13,21H,2,14-15H2,1,3-4H3/b7-5+. The molecule has 0 heterocycles. The highest BCUT2D eigenvalue weighted by molar-refractivity contribution is 5.91. The van der Waals surface area contributed by atoms with Crippen molar-refractivity contribution in [2.75, 3.05) is 12.4 Å². The molecule has 1 heteroatoms. The second kappa shape index (κ2) is 6.62. The fraction of sp³-hybridized carbons (Fsp3) is 0.300. The van der Waals surface area contributed by atoms with Gasteiger partial charge in [0, 0.05) is 18.2 Å². The Bertz CT molecular complexity index is 654. The Morgan fingerprint density at radius 2 is 1.90 bits per heavy atom. The van der Waals surface area contributed by atoms with E-state index in [2.05, 4.69) is 74.3 Å². The number of fused-ring (bicyclic) bond motifs is 1. The molecule has 0 spiro atoms. The molecule has 0 saturated carbocycles. The second-order valence-electron chi connectivity index (χ2n) is 5.79. The van der Waals surface area contributed by atoms with Crippen LogP contribution >= 0.6 is 0 Å². The molecule has 1 nitrogen and oxygen atoms in total. The molecule has 0 radical (unpaired) electrons. The Morgan fingerprint density at radius 1 is 1.14 bits per heavy atom. The van der Waals surface area contributed by atoms with Gasteiger partial charge in [0.2, 0.25) is 0 Å². The minimum absolute atomic E-state index is 0.0491. The molecule has 0 aliphatic carbocycles. The van der Waals surface area contributed by atoms with Crippen molar-refractivity contribution >= 4 is 16.5 Å². The lowest BCUT2D eigenvalue weighted by atomic mass is 9.74. The topological polar surface area (TPSA) is 12.0 Å². The maximum atomic E-state index is 3.97. The van der Waals surface area contributed by atoms with E-state index in [0.29, 0.717) is 0 Å². The molecule has 110 valence electrons. The van der Waals surface area contributed by atoms with E-state index in [-0.39, 0.29) is 5.41 Å². The van der Waals surface area contributed by atoms with Crippen LogP contribution in [0.25, 0.3) is 10.8 Å². The van der Waals surface area contributed by atoms with Gasteiger partial charge in [-0.15, -0.1) is 6.58 Å². The van der Waals surface area contributed by atoms with Crippen molar-refractivity contribution in [3.05, 3.63) is 66.8 Å². The van der Waals surface area contributed by atoms with E-state index in [0.717, 1.165) is 12.8 Å². The van der Waals surface area contributed by atoms with E-state index in [4.69, 9.17) is 0 Å². The van der Waals surface area contributed by atoms with Gasteiger partial charge < -0.3 is 5.32 Å². The summed E-state index contributed by atoms with van der Waals surface area (Å²) >= 11 is 0. The number of anilines is 1. The second-order valence-corrected chi connectivity index (χ2v) is 5.79. The molecule has 1 N–H and O–H groups in total. The zero-order chi connectivity index (χ0) is 15.3. The van der Waals surface area contributed by atoms with Gasteiger partial charge in [0.15, 0.2) is 0 Å². The molecule has 0 aliphatic rings. The smallest absolute Gasteiger partial charge is 0.0382 e. The van der Waals surface area contributed by atoms with Crippen LogP contribution < -0.4 is 5.32 Å². The summed E-state index contributed by atoms with van der Waals surface area (Å²) in [7, 11) is 2.00. The normalized spacial score (nSPS) is 14.2. The molecule has 2 aromatic rings.